The minimum Gasteiger partial charge on any atom is -0.491 e. The summed E-state index contributed by atoms with van der Waals surface area (Å²) in [7, 11) is 0. The molecular formula is C17H20ClNO3. The Kier molecular flexibility index (Phi) is 5.24. The van der Waals surface area contributed by atoms with Crippen molar-refractivity contribution in [1.29, 1.82) is 0 Å². The van der Waals surface area contributed by atoms with Crippen LogP contribution in [0, 0.1) is 0 Å². The van der Waals surface area contributed by atoms with Gasteiger partial charge in [0.2, 0.25) is 0 Å². The first-order valence-electron chi connectivity index (χ1n) is 7.48. The van der Waals surface area contributed by atoms with E-state index in [1.54, 1.807) is 24.3 Å². The molecule has 1 aromatic carbocycles. The Morgan fingerprint density at radius 3 is 2.32 bits per heavy atom. The van der Waals surface area contributed by atoms with Gasteiger partial charge in [0.25, 0.3) is 11.8 Å². The van der Waals surface area contributed by atoms with E-state index in [2.05, 4.69) is 0 Å². The van der Waals surface area contributed by atoms with Gasteiger partial charge in [-0.3, -0.25) is 14.5 Å². The molecule has 0 atom stereocenters. The standard InChI is InChI=1S/C17H20ClNO3/c1-4-5-10-19-16(20)14(15(18)17(19)21)12-6-8-13(9-7-12)22-11(2)3/h6-9,11H,4-5,10H2,1-3H3. The molecule has 0 unspecified atom stereocenters. The molecule has 22 heavy (non-hydrogen) atoms. The van der Waals surface area contributed by atoms with Crippen molar-refractivity contribution in [2.75, 3.05) is 6.54 Å². The van der Waals surface area contributed by atoms with Crippen LogP contribution in [0.5, 0.6) is 5.75 Å². The first kappa shape index (κ1) is 16.6. The van der Waals surface area contributed by atoms with Gasteiger partial charge in [0, 0.05) is 6.54 Å². The maximum atomic E-state index is 12.4. The van der Waals surface area contributed by atoms with Crippen molar-refractivity contribution in [3.8, 4) is 5.75 Å². The Morgan fingerprint density at radius 2 is 1.77 bits per heavy atom. The number of carbonyl (C=O) groups is 2. The number of unbranched alkanes of at least 4 members (excludes halogenated alkanes) is 1. The van der Waals surface area contributed by atoms with Crippen LogP contribution in [0.3, 0.4) is 0 Å². The Bertz CT molecular complexity index is 605. The summed E-state index contributed by atoms with van der Waals surface area (Å²) < 4.78 is 5.57. The fourth-order valence-corrected chi connectivity index (χ4v) is 2.58. The zero-order valence-electron chi connectivity index (χ0n) is 13.1. The molecule has 1 aromatic rings. The third-order valence-electron chi connectivity index (χ3n) is 3.36. The van der Waals surface area contributed by atoms with E-state index in [1.165, 1.54) is 4.90 Å². The van der Waals surface area contributed by atoms with Crippen molar-refractivity contribution >= 4 is 29.0 Å². The highest BCUT2D eigenvalue weighted by Gasteiger charge is 2.37. The zero-order valence-corrected chi connectivity index (χ0v) is 13.8. The van der Waals surface area contributed by atoms with Crippen LogP contribution in [0.4, 0.5) is 0 Å². The maximum Gasteiger partial charge on any atom is 0.273 e. The Balaban J connectivity index is 2.24. The number of rotatable bonds is 6. The smallest absolute Gasteiger partial charge is 0.273 e. The van der Waals surface area contributed by atoms with Crippen LogP contribution in [0.1, 0.15) is 39.2 Å². The predicted octanol–water partition coefficient (Wildman–Crippen LogP) is 3.59. The quantitative estimate of drug-likeness (QED) is 0.752. The molecule has 2 rings (SSSR count). The molecule has 5 heteroatoms. The van der Waals surface area contributed by atoms with Crippen LogP contribution in [-0.4, -0.2) is 29.4 Å². The molecule has 2 amide bonds. The number of nitrogens with zero attached hydrogens (tertiary/aromatic N) is 1. The lowest BCUT2D eigenvalue weighted by molar-refractivity contribution is -0.136. The number of imide groups is 1. The molecule has 0 spiro atoms. The van der Waals surface area contributed by atoms with Crippen LogP contribution >= 0.6 is 11.6 Å². The molecule has 118 valence electrons. The molecule has 0 saturated heterocycles. The second kappa shape index (κ2) is 6.97. The fraction of sp³-hybridized carbons (Fsp3) is 0.412. The summed E-state index contributed by atoms with van der Waals surface area (Å²) in [5.41, 5.74) is 0.914. The number of amides is 2. The van der Waals surface area contributed by atoms with E-state index >= 15 is 0 Å². The number of carbonyl (C=O) groups excluding carboxylic acids is 2. The van der Waals surface area contributed by atoms with E-state index in [1.807, 2.05) is 20.8 Å². The number of halogens is 1. The van der Waals surface area contributed by atoms with Gasteiger partial charge in [-0.2, -0.15) is 0 Å². The normalized spacial score (nSPS) is 15.2. The van der Waals surface area contributed by atoms with Gasteiger partial charge in [0.15, 0.2) is 0 Å². The number of ether oxygens (including phenoxy) is 1. The fourth-order valence-electron chi connectivity index (χ4n) is 2.29. The predicted molar refractivity (Wildman–Crippen MR) is 86.6 cm³/mol. The summed E-state index contributed by atoms with van der Waals surface area (Å²) >= 11 is 6.09. The van der Waals surface area contributed by atoms with Gasteiger partial charge < -0.3 is 4.74 Å². The SMILES string of the molecule is CCCCN1C(=O)C(Cl)=C(c2ccc(OC(C)C)cc2)C1=O. The summed E-state index contributed by atoms with van der Waals surface area (Å²) in [6.45, 7) is 6.30. The Hall–Kier alpha value is -1.81. The summed E-state index contributed by atoms with van der Waals surface area (Å²) in [4.78, 5) is 25.8. The number of hydrogen-bond acceptors (Lipinski definition) is 3. The molecule has 0 aromatic heterocycles. The van der Waals surface area contributed by atoms with E-state index in [0.717, 1.165) is 18.6 Å². The van der Waals surface area contributed by atoms with Gasteiger partial charge in [-0.05, 0) is 38.0 Å². The molecule has 0 aliphatic carbocycles. The van der Waals surface area contributed by atoms with Crippen LogP contribution in [0.25, 0.3) is 5.57 Å². The maximum absolute atomic E-state index is 12.4. The first-order valence-corrected chi connectivity index (χ1v) is 7.86. The monoisotopic (exact) mass is 321 g/mol. The molecule has 1 aliphatic rings. The minimum atomic E-state index is -0.405. The van der Waals surface area contributed by atoms with E-state index in [0.29, 0.717) is 12.1 Å². The highest BCUT2D eigenvalue weighted by Crippen LogP contribution is 2.32. The number of hydrogen-bond donors (Lipinski definition) is 0. The molecule has 4 nitrogen and oxygen atoms in total. The van der Waals surface area contributed by atoms with Crippen LogP contribution in [0.2, 0.25) is 0 Å². The van der Waals surface area contributed by atoms with Crippen LogP contribution < -0.4 is 4.74 Å². The van der Waals surface area contributed by atoms with Crippen molar-refractivity contribution in [2.45, 2.75) is 39.7 Å². The summed E-state index contributed by atoms with van der Waals surface area (Å²) in [5, 5.41) is -0.00127. The molecule has 0 bridgehead atoms. The van der Waals surface area contributed by atoms with E-state index < -0.39 is 5.91 Å². The van der Waals surface area contributed by atoms with Crippen molar-refractivity contribution in [2.24, 2.45) is 0 Å². The highest BCUT2D eigenvalue weighted by atomic mass is 35.5. The lowest BCUT2D eigenvalue weighted by Gasteiger charge is -2.14. The summed E-state index contributed by atoms with van der Waals surface area (Å²) in [6.07, 6.45) is 1.76. The van der Waals surface area contributed by atoms with Crippen LogP contribution in [0.15, 0.2) is 29.3 Å². The largest absolute Gasteiger partial charge is 0.491 e. The second-order valence-corrected chi connectivity index (χ2v) is 5.87. The third-order valence-corrected chi connectivity index (χ3v) is 3.71. The van der Waals surface area contributed by atoms with Gasteiger partial charge in [0.05, 0.1) is 11.7 Å². The lowest BCUT2D eigenvalue weighted by atomic mass is 10.1. The highest BCUT2D eigenvalue weighted by molar-refractivity contribution is 6.55. The summed E-state index contributed by atoms with van der Waals surface area (Å²) in [6, 6.07) is 7.06. The zero-order chi connectivity index (χ0) is 16.3. The Morgan fingerprint density at radius 1 is 1.14 bits per heavy atom. The lowest BCUT2D eigenvalue weighted by Crippen LogP contribution is -2.32. The van der Waals surface area contributed by atoms with E-state index in [9.17, 15) is 9.59 Å². The average molecular weight is 322 g/mol. The van der Waals surface area contributed by atoms with Crippen molar-refractivity contribution < 1.29 is 14.3 Å². The Labute approximate surface area is 135 Å². The molecule has 1 heterocycles. The van der Waals surface area contributed by atoms with Gasteiger partial charge >= 0.3 is 0 Å². The van der Waals surface area contributed by atoms with Gasteiger partial charge in [-0.1, -0.05) is 37.1 Å². The average Bonchev–Trinajstić information content (AvgIpc) is 2.68. The number of benzene rings is 1. The second-order valence-electron chi connectivity index (χ2n) is 5.50. The van der Waals surface area contributed by atoms with Crippen LogP contribution in [-0.2, 0) is 9.59 Å². The molecule has 0 N–H and O–H groups in total. The summed E-state index contributed by atoms with van der Waals surface area (Å²) in [5.74, 6) is -0.00585. The van der Waals surface area contributed by atoms with E-state index in [-0.39, 0.29) is 22.6 Å². The first-order chi connectivity index (χ1) is 10.5. The van der Waals surface area contributed by atoms with Crippen molar-refractivity contribution in [3.05, 3.63) is 34.9 Å². The molecule has 0 fully saturated rings. The van der Waals surface area contributed by atoms with Gasteiger partial charge in [0.1, 0.15) is 10.8 Å². The third kappa shape index (κ3) is 3.33. The molecular weight excluding hydrogens is 302 g/mol. The van der Waals surface area contributed by atoms with E-state index in [4.69, 9.17) is 16.3 Å². The minimum absolute atomic E-state index is 0.00127. The van der Waals surface area contributed by atoms with Crippen molar-refractivity contribution in [1.82, 2.24) is 4.90 Å². The molecule has 0 saturated carbocycles. The van der Waals surface area contributed by atoms with Gasteiger partial charge in [-0.25, -0.2) is 0 Å². The van der Waals surface area contributed by atoms with Crippen molar-refractivity contribution in [3.63, 3.8) is 0 Å². The topological polar surface area (TPSA) is 46.6 Å². The van der Waals surface area contributed by atoms with Gasteiger partial charge in [-0.15, -0.1) is 0 Å². The molecule has 1 aliphatic heterocycles. The molecule has 0 radical (unpaired) electrons.